The van der Waals surface area contributed by atoms with E-state index in [-0.39, 0.29) is 18.3 Å². The summed E-state index contributed by atoms with van der Waals surface area (Å²) in [6, 6.07) is 21.1. The Morgan fingerprint density at radius 1 is 0.881 bits per heavy atom. The molecular formula is C34H42N4O4. The molecule has 0 fully saturated rings. The molecule has 0 aliphatic rings. The third-order valence-corrected chi connectivity index (χ3v) is 7.76. The van der Waals surface area contributed by atoms with Gasteiger partial charge in [-0.1, -0.05) is 94.4 Å². The molecule has 0 aliphatic carbocycles. The predicted octanol–water partition coefficient (Wildman–Crippen LogP) is 5.75. The Labute approximate surface area is 247 Å². The zero-order chi connectivity index (χ0) is 30.4. The predicted molar refractivity (Wildman–Crippen MR) is 168 cm³/mol. The van der Waals surface area contributed by atoms with E-state index in [0.29, 0.717) is 5.56 Å². The minimum atomic E-state index is -1.44. The largest absolute Gasteiger partial charge is 0.394 e. The molecule has 3 aromatic carbocycles. The first-order valence-electron chi connectivity index (χ1n) is 14.5. The molecule has 0 radical (unpaired) electrons. The summed E-state index contributed by atoms with van der Waals surface area (Å²) in [6.07, 6.45) is 0.861. The summed E-state index contributed by atoms with van der Waals surface area (Å²) < 4.78 is 0. The number of aromatic nitrogens is 1. The van der Waals surface area contributed by atoms with Crippen LogP contribution in [0.3, 0.4) is 0 Å². The van der Waals surface area contributed by atoms with Gasteiger partial charge in [-0.25, -0.2) is 4.79 Å². The summed E-state index contributed by atoms with van der Waals surface area (Å²) in [6.45, 7) is 9.46. The Balaban J connectivity index is 1.66. The number of amides is 3. The zero-order valence-corrected chi connectivity index (χ0v) is 24.9. The Bertz CT molecular complexity index is 1490. The van der Waals surface area contributed by atoms with Crippen molar-refractivity contribution in [3.8, 4) is 0 Å². The highest BCUT2D eigenvalue weighted by Crippen LogP contribution is 2.32. The number of carbonyl (C=O) groups excluding carboxylic acids is 2. The molecule has 3 atom stereocenters. The number of aliphatic hydroxyl groups excluding tert-OH is 2. The number of hydrogen-bond acceptors (Lipinski definition) is 4. The van der Waals surface area contributed by atoms with Gasteiger partial charge in [0.25, 0.3) is 0 Å². The molecule has 1 unspecified atom stereocenters. The van der Waals surface area contributed by atoms with E-state index in [1.807, 2.05) is 54.7 Å². The van der Waals surface area contributed by atoms with Crippen molar-refractivity contribution < 1.29 is 19.8 Å². The van der Waals surface area contributed by atoms with Gasteiger partial charge in [0.1, 0.15) is 11.6 Å². The number of H-pyrrole nitrogens is 1. The van der Waals surface area contributed by atoms with Gasteiger partial charge in [-0.3, -0.25) is 4.79 Å². The van der Waals surface area contributed by atoms with Gasteiger partial charge < -0.3 is 31.1 Å². The van der Waals surface area contributed by atoms with Crippen molar-refractivity contribution in [2.24, 2.45) is 0 Å². The lowest BCUT2D eigenvalue weighted by Gasteiger charge is -2.33. The highest BCUT2D eigenvalue weighted by atomic mass is 16.3. The van der Waals surface area contributed by atoms with E-state index in [2.05, 4.69) is 48.6 Å². The van der Waals surface area contributed by atoms with Crippen molar-refractivity contribution >= 4 is 28.5 Å². The minimum absolute atomic E-state index is 0.165. The van der Waals surface area contributed by atoms with Crippen molar-refractivity contribution in [1.82, 2.24) is 15.6 Å². The smallest absolute Gasteiger partial charge is 0.320 e. The van der Waals surface area contributed by atoms with Crippen LogP contribution in [0.5, 0.6) is 0 Å². The van der Waals surface area contributed by atoms with Gasteiger partial charge >= 0.3 is 6.03 Å². The standard InChI is InChI=1S/C34H42N4O4/c1-21(2)25-15-11-16-26(22(3)4)30(25)37-33(42)38-34(5,18-24-19-35-28-17-10-9-14-27(24)28)32(41)36-29(20-39)31(40)23-12-7-6-8-13-23/h6-17,19,21-22,29,31,35,39-40H,18,20H2,1-5H3,(H,36,41)(H2,37,38,42)/t29-,31-,34?/m0/s1. The Morgan fingerprint density at radius 2 is 1.50 bits per heavy atom. The Hall–Kier alpha value is -4.14. The zero-order valence-electron chi connectivity index (χ0n) is 24.9. The van der Waals surface area contributed by atoms with Gasteiger partial charge in [-0.05, 0) is 47.1 Å². The molecule has 0 bridgehead atoms. The van der Waals surface area contributed by atoms with Crippen LogP contribution in [-0.2, 0) is 11.2 Å². The summed E-state index contributed by atoms with van der Waals surface area (Å²) in [5, 5.41) is 30.8. The molecule has 0 saturated heterocycles. The van der Waals surface area contributed by atoms with Gasteiger partial charge in [0, 0.05) is 29.2 Å². The highest BCUT2D eigenvalue weighted by molar-refractivity contribution is 5.97. The number of benzene rings is 3. The van der Waals surface area contributed by atoms with Crippen LogP contribution >= 0.6 is 0 Å². The van der Waals surface area contributed by atoms with Crippen molar-refractivity contribution in [2.75, 3.05) is 11.9 Å². The van der Waals surface area contributed by atoms with Gasteiger partial charge in [0.15, 0.2) is 0 Å². The summed E-state index contributed by atoms with van der Waals surface area (Å²) in [4.78, 5) is 30.9. The summed E-state index contributed by atoms with van der Waals surface area (Å²) in [5.74, 6) is -0.187. The number of aromatic amines is 1. The van der Waals surface area contributed by atoms with Gasteiger partial charge in [-0.2, -0.15) is 0 Å². The summed E-state index contributed by atoms with van der Waals surface area (Å²) in [5.41, 5.74) is 3.63. The molecule has 3 amide bonds. The molecule has 4 aromatic rings. The normalized spacial score (nSPS) is 14.4. The number of rotatable bonds is 11. The second kappa shape index (κ2) is 13.2. The van der Waals surface area contributed by atoms with Crippen LogP contribution < -0.4 is 16.0 Å². The van der Waals surface area contributed by atoms with Crippen LogP contribution in [0.15, 0.2) is 79.0 Å². The maximum Gasteiger partial charge on any atom is 0.320 e. The van der Waals surface area contributed by atoms with Crippen molar-refractivity contribution in [3.63, 3.8) is 0 Å². The van der Waals surface area contributed by atoms with Crippen LogP contribution in [0.25, 0.3) is 10.9 Å². The molecule has 222 valence electrons. The number of carbonyl (C=O) groups is 2. The maximum absolute atomic E-state index is 14.0. The number of hydrogen-bond donors (Lipinski definition) is 6. The van der Waals surface area contributed by atoms with Gasteiger partial charge in [0.2, 0.25) is 5.91 Å². The number of fused-ring (bicyclic) bond motifs is 1. The lowest BCUT2D eigenvalue weighted by molar-refractivity contribution is -0.128. The number of nitrogens with one attached hydrogen (secondary N) is 4. The molecule has 0 saturated carbocycles. The Morgan fingerprint density at radius 3 is 2.12 bits per heavy atom. The van der Waals surface area contributed by atoms with E-state index < -0.39 is 36.2 Å². The molecule has 4 rings (SSSR count). The number of urea groups is 1. The third-order valence-electron chi connectivity index (χ3n) is 7.76. The van der Waals surface area contributed by atoms with Crippen molar-refractivity contribution in [2.45, 2.75) is 70.6 Å². The second-order valence-corrected chi connectivity index (χ2v) is 11.7. The molecule has 1 aromatic heterocycles. The topological polar surface area (TPSA) is 126 Å². The van der Waals surface area contributed by atoms with Gasteiger partial charge in [-0.15, -0.1) is 0 Å². The second-order valence-electron chi connectivity index (χ2n) is 11.7. The molecule has 8 heteroatoms. The average Bonchev–Trinajstić information content (AvgIpc) is 3.37. The lowest BCUT2D eigenvalue weighted by Crippen LogP contribution is -2.61. The fraction of sp³-hybridized carbons (Fsp3) is 0.353. The Kier molecular flexibility index (Phi) is 9.70. The van der Waals surface area contributed by atoms with Crippen LogP contribution in [0, 0.1) is 0 Å². The minimum Gasteiger partial charge on any atom is -0.394 e. The van der Waals surface area contributed by atoms with E-state index in [9.17, 15) is 19.8 Å². The summed E-state index contributed by atoms with van der Waals surface area (Å²) in [7, 11) is 0. The first-order valence-corrected chi connectivity index (χ1v) is 14.5. The fourth-order valence-electron chi connectivity index (χ4n) is 5.37. The molecule has 1 heterocycles. The lowest BCUT2D eigenvalue weighted by atomic mass is 9.90. The van der Waals surface area contributed by atoms with Gasteiger partial charge in [0.05, 0.1) is 12.6 Å². The highest BCUT2D eigenvalue weighted by Gasteiger charge is 2.38. The molecule has 42 heavy (non-hydrogen) atoms. The van der Waals surface area contributed by atoms with Crippen molar-refractivity contribution in [1.29, 1.82) is 0 Å². The van der Waals surface area contributed by atoms with Crippen molar-refractivity contribution in [3.05, 3.63) is 101 Å². The number of aliphatic hydroxyl groups is 2. The number of anilines is 1. The van der Waals surface area contributed by atoms with Crippen LogP contribution in [0.4, 0.5) is 10.5 Å². The number of para-hydroxylation sites is 2. The first kappa shape index (κ1) is 30.8. The van der Waals surface area contributed by atoms with Crippen LogP contribution in [0.2, 0.25) is 0 Å². The van der Waals surface area contributed by atoms with E-state index in [0.717, 1.165) is 33.3 Å². The van der Waals surface area contributed by atoms with Crippen LogP contribution in [0.1, 0.15) is 74.8 Å². The average molecular weight is 571 g/mol. The monoisotopic (exact) mass is 570 g/mol. The molecular weight excluding hydrogens is 528 g/mol. The first-order chi connectivity index (χ1) is 20.0. The molecule has 8 nitrogen and oxygen atoms in total. The SMILES string of the molecule is CC(C)c1cccc(C(C)C)c1NC(=O)NC(C)(Cc1c[nH]c2ccccc12)C(=O)N[C@@H](CO)[C@@H](O)c1ccccc1. The molecule has 0 aliphatic heterocycles. The van der Waals surface area contributed by atoms with E-state index in [4.69, 9.17) is 0 Å². The van der Waals surface area contributed by atoms with E-state index >= 15 is 0 Å². The van der Waals surface area contributed by atoms with E-state index in [1.54, 1.807) is 31.2 Å². The molecule has 6 N–H and O–H groups in total. The summed E-state index contributed by atoms with van der Waals surface area (Å²) >= 11 is 0. The van der Waals surface area contributed by atoms with Crippen LogP contribution in [-0.4, -0.2) is 45.3 Å². The van der Waals surface area contributed by atoms with E-state index in [1.165, 1.54) is 0 Å². The fourth-order valence-corrected chi connectivity index (χ4v) is 5.37. The molecule has 0 spiro atoms. The maximum atomic E-state index is 14.0. The third kappa shape index (κ3) is 6.83. The quantitative estimate of drug-likeness (QED) is 0.137.